The van der Waals surface area contributed by atoms with Gasteiger partial charge in [0.2, 0.25) is 10.0 Å². The second-order valence-electron chi connectivity index (χ2n) is 2.41. The van der Waals surface area contributed by atoms with Crippen molar-refractivity contribution in [1.29, 1.82) is 0 Å². The second-order valence-corrected chi connectivity index (χ2v) is 4.24. The lowest BCUT2D eigenvalue weighted by molar-refractivity contribution is 0.299. The van der Waals surface area contributed by atoms with Crippen molar-refractivity contribution in [2.75, 3.05) is 0 Å². The Morgan fingerprint density at radius 1 is 1.31 bits per heavy atom. The van der Waals surface area contributed by atoms with E-state index in [9.17, 15) is 8.42 Å². The minimum Gasteiger partial charge on any atom is -0.210 e. The fraction of sp³-hybridized carbons (Fsp3) is 0.143. The van der Waals surface area contributed by atoms with Crippen molar-refractivity contribution in [3.8, 4) is 0 Å². The number of hydrogen-bond acceptors (Lipinski definition) is 3. The molecule has 72 valence electrons. The zero-order valence-electron chi connectivity index (χ0n) is 6.60. The van der Waals surface area contributed by atoms with Crippen LogP contribution in [0.2, 0.25) is 0 Å². The van der Waals surface area contributed by atoms with E-state index in [0.29, 0.717) is 5.56 Å². The number of nitrogens with one attached hydrogen (secondary N) is 1. The van der Waals surface area contributed by atoms with Gasteiger partial charge >= 0.3 is 0 Å². The third-order valence-corrected chi connectivity index (χ3v) is 2.58. The van der Waals surface area contributed by atoms with E-state index in [-0.39, 0.29) is 5.75 Å². The van der Waals surface area contributed by atoms with Gasteiger partial charge in [-0.2, -0.15) is 4.39 Å². The lowest BCUT2D eigenvalue weighted by atomic mass is 10.2. The first-order valence-electron chi connectivity index (χ1n) is 3.45. The minimum absolute atomic E-state index is 0.152. The van der Waals surface area contributed by atoms with Gasteiger partial charge < -0.3 is 0 Å². The zero-order chi connectivity index (χ0) is 9.73. The number of hydrogen-bond donors (Lipinski definition) is 1. The largest absolute Gasteiger partial charge is 0.239 e. The first-order chi connectivity index (χ1) is 6.14. The van der Waals surface area contributed by atoms with E-state index < -0.39 is 10.0 Å². The standard InChI is InChI=1S/C7H8ClNO3S/c8-12-9-13(10,11)6-7-4-2-1-3-5-7/h1-5,9H,6H2. The fourth-order valence-electron chi connectivity index (χ4n) is 0.871. The van der Waals surface area contributed by atoms with Crippen LogP contribution >= 0.6 is 11.9 Å². The third kappa shape index (κ3) is 3.73. The highest BCUT2D eigenvalue weighted by Gasteiger charge is 2.10. The number of sulfonamides is 1. The first kappa shape index (κ1) is 10.5. The van der Waals surface area contributed by atoms with Crippen molar-refractivity contribution in [1.82, 2.24) is 4.89 Å². The summed E-state index contributed by atoms with van der Waals surface area (Å²) in [6.07, 6.45) is 0. The molecule has 4 nitrogen and oxygen atoms in total. The van der Waals surface area contributed by atoms with Crippen molar-refractivity contribution >= 4 is 21.9 Å². The van der Waals surface area contributed by atoms with Gasteiger partial charge in [-0.1, -0.05) is 35.2 Å². The molecule has 1 aromatic rings. The molecule has 13 heavy (non-hydrogen) atoms. The molecule has 0 saturated carbocycles. The third-order valence-electron chi connectivity index (χ3n) is 1.36. The predicted molar refractivity (Wildman–Crippen MR) is 49.1 cm³/mol. The fourth-order valence-corrected chi connectivity index (χ4v) is 1.95. The van der Waals surface area contributed by atoms with Gasteiger partial charge in [0.1, 0.15) is 0 Å². The summed E-state index contributed by atoms with van der Waals surface area (Å²) < 4.78 is 26.0. The SMILES string of the molecule is O=S(=O)(Cc1ccccc1)NOCl. The zero-order valence-corrected chi connectivity index (χ0v) is 8.18. The Hall–Kier alpha value is -0.620. The molecule has 6 heteroatoms. The molecule has 0 amide bonds. The molecule has 0 spiro atoms. The van der Waals surface area contributed by atoms with Crippen LogP contribution in [0.15, 0.2) is 30.3 Å². The molecule has 1 N–H and O–H groups in total. The highest BCUT2D eigenvalue weighted by molar-refractivity contribution is 7.88. The molecule has 0 heterocycles. The van der Waals surface area contributed by atoms with Gasteiger partial charge in [0, 0.05) is 0 Å². The Bertz CT molecular complexity index is 351. The van der Waals surface area contributed by atoms with Gasteiger partial charge in [0.25, 0.3) is 0 Å². The Labute approximate surface area is 81.7 Å². The molecule has 0 aliphatic rings. The van der Waals surface area contributed by atoms with Crippen molar-refractivity contribution < 1.29 is 12.8 Å². The maximum absolute atomic E-state index is 11.1. The van der Waals surface area contributed by atoms with E-state index in [4.69, 9.17) is 11.9 Å². The maximum atomic E-state index is 11.1. The molecule has 1 rings (SSSR count). The van der Waals surface area contributed by atoms with Crippen LogP contribution in [-0.4, -0.2) is 8.42 Å². The van der Waals surface area contributed by atoms with Crippen molar-refractivity contribution in [3.05, 3.63) is 35.9 Å². The molecule has 1 aromatic carbocycles. The van der Waals surface area contributed by atoms with Crippen LogP contribution in [0.4, 0.5) is 0 Å². The van der Waals surface area contributed by atoms with Crippen LogP contribution in [0.5, 0.6) is 0 Å². The predicted octanol–water partition coefficient (Wildman–Crippen LogP) is 1.19. The van der Waals surface area contributed by atoms with E-state index >= 15 is 0 Å². The lowest BCUT2D eigenvalue weighted by Crippen LogP contribution is -2.22. The van der Waals surface area contributed by atoms with E-state index in [2.05, 4.69) is 4.39 Å². The molecule has 0 aliphatic carbocycles. The van der Waals surface area contributed by atoms with E-state index in [1.165, 1.54) is 0 Å². The summed E-state index contributed by atoms with van der Waals surface area (Å²) in [6, 6.07) is 8.72. The van der Waals surface area contributed by atoms with Crippen LogP contribution in [0.3, 0.4) is 0 Å². The Morgan fingerprint density at radius 3 is 2.46 bits per heavy atom. The van der Waals surface area contributed by atoms with E-state index in [1.54, 1.807) is 29.2 Å². The lowest BCUT2D eigenvalue weighted by Gasteiger charge is -2.01. The minimum atomic E-state index is -3.49. The van der Waals surface area contributed by atoms with Gasteiger partial charge in [0.15, 0.2) is 0 Å². The van der Waals surface area contributed by atoms with E-state index in [0.717, 1.165) is 0 Å². The number of halogens is 1. The average Bonchev–Trinajstić information content (AvgIpc) is 2.04. The van der Waals surface area contributed by atoms with Crippen LogP contribution in [0, 0.1) is 0 Å². The normalized spacial score (nSPS) is 11.5. The van der Waals surface area contributed by atoms with Crippen LogP contribution in [-0.2, 0) is 20.2 Å². The second kappa shape index (κ2) is 4.57. The number of benzene rings is 1. The van der Waals surface area contributed by atoms with Gasteiger partial charge in [-0.15, -0.1) is 0 Å². The maximum Gasteiger partial charge on any atom is 0.239 e. The molecule has 0 radical (unpaired) electrons. The molecule has 0 aliphatic heterocycles. The van der Waals surface area contributed by atoms with Crippen LogP contribution in [0.25, 0.3) is 0 Å². The number of rotatable bonds is 4. The molecular formula is C7H8ClNO3S. The Kier molecular flexibility index (Phi) is 3.68. The summed E-state index contributed by atoms with van der Waals surface area (Å²) in [5, 5.41) is 0. The van der Waals surface area contributed by atoms with Gasteiger partial charge in [-0.05, 0) is 5.56 Å². The summed E-state index contributed by atoms with van der Waals surface area (Å²) in [5.74, 6) is -0.152. The summed E-state index contributed by atoms with van der Waals surface area (Å²) in [5.41, 5.74) is 0.670. The first-order valence-corrected chi connectivity index (χ1v) is 5.41. The molecule has 0 bridgehead atoms. The molecule has 0 atom stereocenters. The average molecular weight is 222 g/mol. The Morgan fingerprint density at radius 2 is 1.92 bits per heavy atom. The summed E-state index contributed by atoms with van der Waals surface area (Å²) in [6.45, 7) is 0. The monoisotopic (exact) mass is 221 g/mol. The van der Waals surface area contributed by atoms with Crippen LogP contribution in [0.1, 0.15) is 5.56 Å². The van der Waals surface area contributed by atoms with Crippen molar-refractivity contribution in [2.45, 2.75) is 5.75 Å². The van der Waals surface area contributed by atoms with E-state index in [1.807, 2.05) is 6.07 Å². The van der Waals surface area contributed by atoms with Crippen molar-refractivity contribution in [2.24, 2.45) is 0 Å². The quantitative estimate of drug-likeness (QED) is 0.778. The van der Waals surface area contributed by atoms with Gasteiger partial charge in [0.05, 0.1) is 17.6 Å². The molecule has 0 aromatic heterocycles. The van der Waals surface area contributed by atoms with Crippen LogP contribution < -0.4 is 4.89 Å². The smallest absolute Gasteiger partial charge is 0.210 e. The molecule has 0 saturated heterocycles. The van der Waals surface area contributed by atoms with Gasteiger partial charge in [-0.25, -0.2) is 8.42 Å². The molecular weight excluding hydrogens is 214 g/mol. The highest BCUT2D eigenvalue weighted by Crippen LogP contribution is 2.03. The van der Waals surface area contributed by atoms with Gasteiger partial charge in [-0.3, -0.25) is 0 Å². The molecule has 0 fully saturated rings. The topological polar surface area (TPSA) is 55.4 Å². The summed E-state index contributed by atoms with van der Waals surface area (Å²) >= 11 is 4.76. The highest BCUT2D eigenvalue weighted by atomic mass is 35.5. The summed E-state index contributed by atoms with van der Waals surface area (Å²) in [4.78, 5) is 1.71. The Balaban J connectivity index is 2.70. The summed E-state index contributed by atoms with van der Waals surface area (Å²) in [7, 11) is -3.49. The van der Waals surface area contributed by atoms with Crippen molar-refractivity contribution in [3.63, 3.8) is 0 Å². The molecule has 0 unspecified atom stereocenters.